The van der Waals surface area contributed by atoms with Crippen molar-refractivity contribution in [3.8, 4) is 0 Å². The van der Waals surface area contributed by atoms with Gasteiger partial charge in [-0.2, -0.15) is 0 Å². The van der Waals surface area contributed by atoms with Crippen molar-refractivity contribution in [1.82, 2.24) is 20.3 Å². The lowest BCUT2D eigenvalue weighted by Crippen LogP contribution is -2.16. The van der Waals surface area contributed by atoms with Gasteiger partial charge in [-0.25, -0.2) is 15.0 Å². The second-order valence-corrected chi connectivity index (χ2v) is 7.43. The lowest BCUT2D eigenvalue weighted by atomic mass is 10.2. The Morgan fingerprint density at radius 3 is 2.32 bits per heavy atom. The largest absolute Gasteiger partial charge is 0.316 e. The van der Waals surface area contributed by atoms with Crippen LogP contribution in [0.4, 0.5) is 0 Å². The molecule has 4 rings (SSSR count). The summed E-state index contributed by atoms with van der Waals surface area (Å²) >= 11 is 3.53. The molecule has 4 nitrogen and oxygen atoms in total. The monoisotopic (exact) mass is 378 g/mol. The van der Waals surface area contributed by atoms with E-state index in [4.69, 9.17) is 0 Å². The molecular weight excluding hydrogens is 348 g/mol. The molecule has 0 spiro atoms. The van der Waals surface area contributed by atoms with E-state index in [-0.39, 0.29) is 0 Å². The minimum atomic E-state index is 0.866. The van der Waals surface area contributed by atoms with Crippen LogP contribution in [0, 0.1) is 13.8 Å². The van der Waals surface area contributed by atoms with Crippen molar-refractivity contribution < 1.29 is 0 Å². The van der Waals surface area contributed by atoms with Crippen LogP contribution >= 0.6 is 22.7 Å². The molecule has 0 amide bonds. The summed E-state index contributed by atoms with van der Waals surface area (Å²) in [5.41, 5.74) is 2.20. The van der Waals surface area contributed by atoms with Gasteiger partial charge < -0.3 is 5.32 Å². The van der Waals surface area contributed by atoms with E-state index in [9.17, 15) is 0 Å². The number of nitrogens with zero attached hydrogens (tertiary/aromatic N) is 3. The molecule has 138 valence electrons. The smallest absolute Gasteiger partial charge is 0.170 e. The summed E-state index contributed by atoms with van der Waals surface area (Å²) < 4.78 is 1.17. The Labute approximate surface area is 159 Å². The molecule has 0 fully saturated rings. The van der Waals surface area contributed by atoms with Crippen LogP contribution in [0.2, 0.25) is 0 Å². The topological polar surface area (TPSA) is 50.7 Å². The van der Waals surface area contributed by atoms with Crippen LogP contribution in [0.5, 0.6) is 0 Å². The standard InChI is InChI=1S/C8H12N2S.C7H6N2S.2C2H6/c1-6-10-7-2-4-9-5-3-8(7)11-6;1-5-9-7-6(10-5)3-2-4-8-7;2*1-2/h9H,2-5H2,1H3;2-4H,1H3;2*1-2H3. The highest BCUT2D eigenvalue weighted by Gasteiger charge is 2.10. The number of pyridine rings is 1. The molecule has 0 aromatic carbocycles. The van der Waals surface area contributed by atoms with Gasteiger partial charge in [0.1, 0.15) is 0 Å². The number of aromatic nitrogens is 3. The van der Waals surface area contributed by atoms with Crippen LogP contribution < -0.4 is 5.32 Å². The first-order valence-corrected chi connectivity index (χ1v) is 10.7. The first kappa shape index (κ1) is 21.7. The predicted octanol–water partition coefficient (Wildman–Crippen LogP) is 5.19. The average Bonchev–Trinajstić information content (AvgIpc) is 3.12. The highest BCUT2D eigenvalue weighted by molar-refractivity contribution is 7.18. The van der Waals surface area contributed by atoms with E-state index in [1.54, 1.807) is 17.5 Å². The number of fused-ring (bicyclic) bond motifs is 2. The van der Waals surface area contributed by atoms with Gasteiger partial charge in [0.05, 0.1) is 20.4 Å². The third kappa shape index (κ3) is 6.80. The maximum Gasteiger partial charge on any atom is 0.170 e. The molecular formula is C19H30N4S2. The van der Waals surface area contributed by atoms with E-state index in [1.165, 1.54) is 26.7 Å². The van der Waals surface area contributed by atoms with Gasteiger partial charge in [0.2, 0.25) is 0 Å². The van der Waals surface area contributed by atoms with Crippen LogP contribution in [0.25, 0.3) is 10.3 Å². The Morgan fingerprint density at radius 2 is 1.60 bits per heavy atom. The van der Waals surface area contributed by atoms with Crippen molar-refractivity contribution >= 4 is 33.0 Å². The molecule has 0 saturated heterocycles. The van der Waals surface area contributed by atoms with Gasteiger partial charge in [-0.1, -0.05) is 27.7 Å². The number of thiazole rings is 2. The van der Waals surface area contributed by atoms with Gasteiger partial charge in [-0.05, 0) is 32.4 Å². The number of hydrogen-bond acceptors (Lipinski definition) is 6. The maximum absolute atomic E-state index is 4.49. The fraction of sp³-hybridized carbons (Fsp3) is 0.526. The predicted molar refractivity (Wildman–Crippen MR) is 112 cm³/mol. The lowest BCUT2D eigenvalue weighted by molar-refractivity contribution is 0.708. The van der Waals surface area contributed by atoms with Crippen LogP contribution in [0.1, 0.15) is 48.3 Å². The molecule has 1 N–H and O–H groups in total. The van der Waals surface area contributed by atoms with E-state index >= 15 is 0 Å². The van der Waals surface area contributed by atoms with Crippen molar-refractivity contribution in [2.75, 3.05) is 13.1 Å². The zero-order chi connectivity index (χ0) is 18.7. The van der Waals surface area contributed by atoms with Crippen LogP contribution in [0.15, 0.2) is 18.3 Å². The molecule has 0 atom stereocenters. The summed E-state index contributed by atoms with van der Waals surface area (Å²) in [5, 5.41) is 5.66. The average molecular weight is 379 g/mol. The molecule has 1 aliphatic heterocycles. The van der Waals surface area contributed by atoms with E-state index in [0.29, 0.717) is 0 Å². The zero-order valence-electron chi connectivity index (χ0n) is 16.2. The second-order valence-electron chi connectivity index (χ2n) is 4.91. The minimum Gasteiger partial charge on any atom is -0.316 e. The highest BCUT2D eigenvalue weighted by atomic mass is 32.1. The quantitative estimate of drug-likeness (QED) is 0.585. The Kier molecular flexibility index (Phi) is 10.5. The van der Waals surface area contributed by atoms with E-state index < -0.39 is 0 Å². The van der Waals surface area contributed by atoms with Crippen molar-refractivity contribution in [1.29, 1.82) is 0 Å². The Morgan fingerprint density at radius 1 is 0.920 bits per heavy atom. The molecule has 0 saturated carbocycles. The highest BCUT2D eigenvalue weighted by Crippen LogP contribution is 2.20. The summed E-state index contributed by atoms with van der Waals surface area (Å²) in [4.78, 5) is 14.3. The minimum absolute atomic E-state index is 0.866. The van der Waals surface area contributed by atoms with Crippen LogP contribution in [-0.4, -0.2) is 28.0 Å². The van der Waals surface area contributed by atoms with Crippen molar-refractivity contribution in [2.45, 2.75) is 54.4 Å². The zero-order valence-corrected chi connectivity index (χ0v) is 17.9. The molecule has 0 radical (unpaired) electrons. The first-order valence-electron chi connectivity index (χ1n) is 9.06. The molecule has 3 aromatic heterocycles. The van der Waals surface area contributed by atoms with E-state index in [2.05, 4.69) is 27.2 Å². The van der Waals surface area contributed by atoms with Crippen LogP contribution in [0.3, 0.4) is 0 Å². The molecule has 1 aliphatic rings. The normalized spacial score (nSPS) is 12.4. The fourth-order valence-electron chi connectivity index (χ4n) is 2.31. The Balaban J connectivity index is 0.000000210. The van der Waals surface area contributed by atoms with Crippen molar-refractivity contribution in [3.05, 3.63) is 38.9 Å². The molecule has 25 heavy (non-hydrogen) atoms. The SMILES string of the molecule is CC.CC.Cc1nc2c(s1)CCNCC2.Cc1nc2ncccc2s1. The fourth-order valence-corrected chi connectivity index (χ4v) is 4.08. The molecule has 0 unspecified atom stereocenters. The summed E-state index contributed by atoms with van der Waals surface area (Å²) in [7, 11) is 0. The molecule has 0 bridgehead atoms. The summed E-state index contributed by atoms with van der Waals surface area (Å²) in [6, 6.07) is 3.97. The van der Waals surface area contributed by atoms with Gasteiger partial charge in [0, 0.05) is 30.6 Å². The van der Waals surface area contributed by atoms with Gasteiger partial charge in [0.15, 0.2) is 5.65 Å². The van der Waals surface area contributed by atoms with Crippen LogP contribution in [-0.2, 0) is 12.8 Å². The van der Waals surface area contributed by atoms with Crippen molar-refractivity contribution in [2.24, 2.45) is 0 Å². The summed E-state index contributed by atoms with van der Waals surface area (Å²) in [6.45, 7) is 14.3. The van der Waals surface area contributed by atoms with Gasteiger partial charge in [-0.15, -0.1) is 22.7 Å². The third-order valence-electron chi connectivity index (χ3n) is 3.22. The number of rotatable bonds is 0. The Hall–Kier alpha value is -1.37. The molecule has 3 aromatic rings. The summed E-state index contributed by atoms with van der Waals surface area (Å²) in [5.74, 6) is 0. The van der Waals surface area contributed by atoms with E-state index in [0.717, 1.165) is 30.2 Å². The number of hydrogen-bond donors (Lipinski definition) is 1. The Bertz CT molecular complexity index is 677. The molecule has 0 aliphatic carbocycles. The first-order chi connectivity index (χ1) is 12.2. The van der Waals surface area contributed by atoms with Crippen molar-refractivity contribution in [3.63, 3.8) is 0 Å². The maximum atomic E-state index is 4.49. The summed E-state index contributed by atoms with van der Waals surface area (Å²) in [6.07, 6.45) is 4.04. The number of nitrogens with one attached hydrogen (secondary N) is 1. The van der Waals surface area contributed by atoms with E-state index in [1.807, 2.05) is 58.1 Å². The van der Waals surface area contributed by atoms with Gasteiger partial charge in [-0.3, -0.25) is 0 Å². The van der Waals surface area contributed by atoms with Gasteiger partial charge in [0.25, 0.3) is 0 Å². The molecule has 4 heterocycles. The van der Waals surface area contributed by atoms with Gasteiger partial charge >= 0.3 is 0 Å². The lowest BCUT2D eigenvalue weighted by Gasteiger charge is -1.93. The third-order valence-corrected chi connectivity index (χ3v) is 5.22. The number of aryl methyl sites for hydroxylation is 2. The second kappa shape index (κ2) is 12.1. The molecule has 6 heteroatoms.